The van der Waals surface area contributed by atoms with Gasteiger partial charge >= 0.3 is 5.97 Å². The van der Waals surface area contributed by atoms with Gasteiger partial charge in [0.2, 0.25) is 0 Å². The highest BCUT2D eigenvalue weighted by atomic mass is 16.4. The molecule has 9 heteroatoms. The molecule has 35 heavy (non-hydrogen) atoms. The lowest BCUT2D eigenvalue weighted by Crippen LogP contribution is -2.45. The number of aromatic hydroxyl groups is 1. The van der Waals surface area contributed by atoms with Gasteiger partial charge < -0.3 is 15.1 Å². The van der Waals surface area contributed by atoms with Gasteiger partial charge in [0, 0.05) is 24.0 Å². The highest BCUT2D eigenvalue weighted by Gasteiger charge is 2.15. The second kappa shape index (κ2) is 10.9. The molecule has 3 aromatic rings. The van der Waals surface area contributed by atoms with E-state index in [1.807, 2.05) is 24.3 Å². The zero-order valence-electron chi connectivity index (χ0n) is 19.5. The Hall–Kier alpha value is -4.71. The van der Waals surface area contributed by atoms with Crippen LogP contribution in [-0.2, 0) is 11.3 Å². The number of rotatable bonds is 8. The SMILES string of the molecule is [C-]#[N+]c1c(O)n(CC(=O)O)c(=O)c(=Cc2ccc(N=Nc3ccc(N(CC)CC)cc3)cc2)c1=C. The summed E-state index contributed by atoms with van der Waals surface area (Å²) in [6.07, 6.45) is 1.49. The number of hydrogen-bond acceptors (Lipinski definition) is 6. The maximum Gasteiger partial charge on any atom is 0.323 e. The molecular weight excluding hydrogens is 446 g/mol. The average Bonchev–Trinajstić information content (AvgIpc) is 2.85. The van der Waals surface area contributed by atoms with Crippen molar-refractivity contribution in [3.05, 3.63) is 86.3 Å². The lowest BCUT2D eigenvalue weighted by atomic mass is 10.1. The largest absolute Gasteiger partial charge is 0.503 e. The molecule has 0 spiro atoms. The molecule has 0 aliphatic carbocycles. The Balaban J connectivity index is 1.90. The Morgan fingerprint density at radius 1 is 1.09 bits per heavy atom. The van der Waals surface area contributed by atoms with Gasteiger partial charge in [-0.15, -0.1) is 6.58 Å². The van der Waals surface area contributed by atoms with Crippen LogP contribution in [0.3, 0.4) is 0 Å². The Morgan fingerprint density at radius 2 is 1.63 bits per heavy atom. The molecule has 0 bridgehead atoms. The van der Waals surface area contributed by atoms with E-state index in [1.54, 1.807) is 24.3 Å². The maximum atomic E-state index is 12.8. The van der Waals surface area contributed by atoms with Gasteiger partial charge in [-0.05, 0) is 67.1 Å². The summed E-state index contributed by atoms with van der Waals surface area (Å²) in [5, 5.41) is 27.8. The summed E-state index contributed by atoms with van der Waals surface area (Å²) >= 11 is 0. The van der Waals surface area contributed by atoms with Crippen LogP contribution >= 0.6 is 0 Å². The minimum absolute atomic E-state index is 0.0257. The van der Waals surface area contributed by atoms with Crippen molar-refractivity contribution in [3.63, 3.8) is 0 Å². The van der Waals surface area contributed by atoms with Crippen LogP contribution in [0.2, 0.25) is 0 Å². The first kappa shape index (κ1) is 24.9. The summed E-state index contributed by atoms with van der Waals surface area (Å²) in [6, 6.07) is 14.7. The number of carbonyl (C=O) groups is 1. The third kappa shape index (κ3) is 5.62. The fourth-order valence-electron chi connectivity index (χ4n) is 3.55. The van der Waals surface area contributed by atoms with Crippen molar-refractivity contribution < 1.29 is 15.0 Å². The van der Waals surface area contributed by atoms with Crippen LogP contribution in [0.25, 0.3) is 17.5 Å². The number of pyridine rings is 1. The second-order valence-corrected chi connectivity index (χ2v) is 7.59. The number of azo groups is 1. The maximum absolute atomic E-state index is 12.8. The lowest BCUT2D eigenvalue weighted by molar-refractivity contribution is -0.137. The number of nitrogens with zero attached hydrogens (tertiary/aromatic N) is 5. The molecule has 0 saturated heterocycles. The van der Waals surface area contributed by atoms with Crippen LogP contribution in [-0.4, -0.2) is 33.8 Å². The van der Waals surface area contributed by atoms with E-state index in [0.717, 1.165) is 18.8 Å². The van der Waals surface area contributed by atoms with E-state index in [0.29, 0.717) is 21.5 Å². The molecule has 0 unspecified atom stereocenters. The van der Waals surface area contributed by atoms with E-state index in [1.165, 1.54) is 6.08 Å². The summed E-state index contributed by atoms with van der Waals surface area (Å²) in [4.78, 5) is 29.3. The molecule has 2 aromatic carbocycles. The van der Waals surface area contributed by atoms with Crippen LogP contribution in [0.5, 0.6) is 5.88 Å². The molecule has 0 saturated carbocycles. The minimum Gasteiger partial charge on any atom is -0.503 e. The van der Waals surface area contributed by atoms with Crippen molar-refractivity contribution in [2.45, 2.75) is 20.4 Å². The smallest absolute Gasteiger partial charge is 0.323 e. The summed E-state index contributed by atoms with van der Waals surface area (Å²) in [6.45, 7) is 16.3. The third-order valence-corrected chi connectivity index (χ3v) is 5.42. The monoisotopic (exact) mass is 471 g/mol. The van der Waals surface area contributed by atoms with Crippen LogP contribution in [0.15, 0.2) is 63.6 Å². The van der Waals surface area contributed by atoms with E-state index < -0.39 is 24.0 Å². The Morgan fingerprint density at radius 3 is 2.11 bits per heavy atom. The summed E-state index contributed by atoms with van der Waals surface area (Å²) < 4.78 is 0.643. The molecule has 0 amide bonds. The quantitative estimate of drug-likeness (QED) is 0.384. The molecule has 3 rings (SSSR count). The van der Waals surface area contributed by atoms with Crippen LogP contribution in [0.1, 0.15) is 19.4 Å². The Labute approximate surface area is 202 Å². The van der Waals surface area contributed by atoms with Crippen LogP contribution < -0.4 is 20.9 Å². The Bertz CT molecular complexity index is 1460. The molecule has 9 nitrogen and oxygen atoms in total. The van der Waals surface area contributed by atoms with Gasteiger partial charge in [-0.1, -0.05) is 12.1 Å². The molecule has 1 heterocycles. The van der Waals surface area contributed by atoms with Crippen molar-refractivity contribution in [3.8, 4) is 5.88 Å². The summed E-state index contributed by atoms with van der Waals surface area (Å²) in [7, 11) is 0. The number of carboxylic acid groups (broad SMARTS) is 1. The zero-order valence-corrected chi connectivity index (χ0v) is 19.5. The molecular formula is C26H25N5O4. The van der Waals surface area contributed by atoms with Gasteiger partial charge in [0.25, 0.3) is 11.2 Å². The standard InChI is InChI=1S/C26H25N5O4/c1-5-30(6-2)21-13-11-20(12-14-21)29-28-19-9-7-18(8-10-19)15-22-17(3)24(27-4)26(35)31(25(22)34)16-23(32)33/h7-15,35H,3,5-6,16H2,1-2H3,(H,32,33). The first-order valence-corrected chi connectivity index (χ1v) is 10.9. The highest BCUT2D eigenvalue weighted by molar-refractivity contribution is 5.68. The van der Waals surface area contributed by atoms with Crippen LogP contribution in [0.4, 0.5) is 22.7 Å². The van der Waals surface area contributed by atoms with Crippen molar-refractivity contribution in [2.24, 2.45) is 10.2 Å². The lowest BCUT2D eigenvalue weighted by Gasteiger charge is -2.20. The normalized spacial score (nSPS) is 11.5. The van der Waals surface area contributed by atoms with Gasteiger partial charge in [0.05, 0.1) is 17.9 Å². The summed E-state index contributed by atoms with van der Waals surface area (Å²) in [5.41, 5.74) is 2.03. The second-order valence-electron chi connectivity index (χ2n) is 7.59. The van der Waals surface area contributed by atoms with E-state index in [2.05, 4.69) is 40.4 Å². The predicted molar refractivity (Wildman–Crippen MR) is 135 cm³/mol. The molecule has 0 aliphatic heterocycles. The first-order chi connectivity index (χ1) is 16.8. The molecule has 178 valence electrons. The van der Waals surface area contributed by atoms with Gasteiger partial charge in [-0.25, -0.2) is 4.85 Å². The predicted octanol–water partition coefficient (Wildman–Crippen LogP) is 3.69. The number of aliphatic carboxylic acids is 1. The fourth-order valence-corrected chi connectivity index (χ4v) is 3.55. The van der Waals surface area contributed by atoms with E-state index in [4.69, 9.17) is 11.7 Å². The molecule has 0 aliphatic rings. The molecule has 2 N–H and O–H groups in total. The van der Waals surface area contributed by atoms with Gasteiger partial charge in [-0.3, -0.25) is 14.2 Å². The number of hydrogen-bond donors (Lipinski definition) is 2. The van der Waals surface area contributed by atoms with Gasteiger partial charge in [0.15, 0.2) is 5.88 Å². The summed E-state index contributed by atoms with van der Waals surface area (Å²) in [5.74, 6) is -2.03. The first-order valence-electron chi connectivity index (χ1n) is 10.9. The van der Waals surface area contributed by atoms with Crippen molar-refractivity contribution in [1.29, 1.82) is 0 Å². The van der Waals surface area contributed by atoms with Crippen molar-refractivity contribution in [1.82, 2.24) is 4.57 Å². The molecule has 0 atom stereocenters. The van der Waals surface area contributed by atoms with E-state index in [9.17, 15) is 14.7 Å². The Kier molecular flexibility index (Phi) is 7.79. The van der Waals surface area contributed by atoms with Gasteiger partial charge in [0.1, 0.15) is 6.54 Å². The van der Waals surface area contributed by atoms with Gasteiger partial charge in [-0.2, -0.15) is 10.2 Å². The average molecular weight is 472 g/mol. The fraction of sp³-hybridized carbons (Fsp3) is 0.192. The third-order valence-electron chi connectivity index (χ3n) is 5.42. The van der Waals surface area contributed by atoms with E-state index >= 15 is 0 Å². The number of aromatic nitrogens is 1. The molecule has 0 fully saturated rings. The van der Waals surface area contributed by atoms with Crippen molar-refractivity contribution in [2.75, 3.05) is 18.0 Å². The molecule has 0 radical (unpaired) electrons. The number of carboxylic acids is 1. The highest BCUT2D eigenvalue weighted by Crippen LogP contribution is 2.23. The zero-order chi connectivity index (χ0) is 25.5. The topological polar surface area (TPSA) is 112 Å². The van der Waals surface area contributed by atoms with Crippen LogP contribution in [0, 0.1) is 6.57 Å². The molecule has 1 aromatic heterocycles. The van der Waals surface area contributed by atoms with E-state index in [-0.39, 0.29) is 16.1 Å². The number of benzene rings is 2. The number of anilines is 1. The van der Waals surface area contributed by atoms with Crippen molar-refractivity contribution >= 4 is 41.4 Å². The minimum atomic E-state index is -1.32.